The summed E-state index contributed by atoms with van der Waals surface area (Å²) in [7, 11) is 0. The molecule has 1 unspecified atom stereocenters. The number of rotatable bonds is 5. The van der Waals surface area contributed by atoms with Gasteiger partial charge >= 0.3 is 6.03 Å². The van der Waals surface area contributed by atoms with Gasteiger partial charge in [0.2, 0.25) is 11.0 Å². The Bertz CT molecular complexity index is 502. The van der Waals surface area contributed by atoms with E-state index in [2.05, 4.69) is 20.8 Å². The number of amides is 3. The van der Waals surface area contributed by atoms with Crippen molar-refractivity contribution < 1.29 is 9.59 Å². The maximum atomic E-state index is 11.6. The van der Waals surface area contributed by atoms with Crippen LogP contribution in [0.5, 0.6) is 0 Å². The maximum absolute atomic E-state index is 11.6. The molecule has 1 aliphatic rings. The highest BCUT2D eigenvalue weighted by Crippen LogP contribution is 2.30. The summed E-state index contributed by atoms with van der Waals surface area (Å²) in [5.41, 5.74) is 4.92. The van der Waals surface area contributed by atoms with E-state index in [1.165, 1.54) is 55.2 Å². The van der Waals surface area contributed by atoms with Crippen LogP contribution in [-0.2, 0) is 4.79 Å². The number of carbonyl (C=O) groups is 2. The number of imide groups is 1. The molecule has 1 aliphatic carbocycles. The SMILES string of the molecule is CC(Sc1nnc(NC2CCCCC2)s1)C(=O)NC(N)=O. The van der Waals surface area contributed by atoms with E-state index in [1.54, 1.807) is 6.92 Å². The Labute approximate surface area is 131 Å². The lowest BCUT2D eigenvalue weighted by Crippen LogP contribution is -2.39. The van der Waals surface area contributed by atoms with Crippen LogP contribution >= 0.6 is 23.1 Å². The van der Waals surface area contributed by atoms with Gasteiger partial charge in [0.25, 0.3) is 0 Å². The molecule has 9 heteroatoms. The van der Waals surface area contributed by atoms with E-state index in [9.17, 15) is 9.59 Å². The minimum absolute atomic E-state index is 0.426. The fourth-order valence-electron chi connectivity index (χ4n) is 2.17. The Morgan fingerprint density at radius 3 is 2.71 bits per heavy atom. The van der Waals surface area contributed by atoms with E-state index in [0.717, 1.165) is 5.13 Å². The van der Waals surface area contributed by atoms with Crippen molar-refractivity contribution in [3.05, 3.63) is 0 Å². The standard InChI is InChI=1S/C12H19N5O2S2/c1-7(9(18)15-10(13)19)20-12-17-16-11(21-12)14-8-5-3-2-4-6-8/h7-8H,2-6H2,1H3,(H,14,16)(H3,13,15,18,19). The summed E-state index contributed by atoms with van der Waals surface area (Å²) >= 11 is 2.69. The molecule has 21 heavy (non-hydrogen) atoms. The highest BCUT2D eigenvalue weighted by atomic mass is 32.2. The molecule has 2 rings (SSSR count). The summed E-state index contributed by atoms with van der Waals surface area (Å²) in [6.45, 7) is 1.69. The van der Waals surface area contributed by atoms with Crippen LogP contribution in [0.15, 0.2) is 4.34 Å². The summed E-state index contributed by atoms with van der Waals surface area (Å²) in [5.74, 6) is -0.426. The van der Waals surface area contributed by atoms with Crippen molar-refractivity contribution in [2.24, 2.45) is 5.73 Å². The normalized spacial score (nSPS) is 17.2. The number of hydrogen-bond acceptors (Lipinski definition) is 7. The molecule has 0 radical (unpaired) electrons. The van der Waals surface area contributed by atoms with Gasteiger partial charge < -0.3 is 11.1 Å². The van der Waals surface area contributed by atoms with Crippen molar-refractivity contribution in [1.82, 2.24) is 15.5 Å². The summed E-state index contributed by atoms with van der Waals surface area (Å²) in [4.78, 5) is 22.2. The average molecular weight is 329 g/mol. The zero-order valence-corrected chi connectivity index (χ0v) is 13.4. The molecule has 1 aromatic rings. The number of hydrogen-bond donors (Lipinski definition) is 3. The Morgan fingerprint density at radius 2 is 2.05 bits per heavy atom. The first kappa shape index (κ1) is 16.0. The largest absolute Gasteiger partial charge is 0.357 e. The number of primary amides is 1. The highest BCUT2D eigenvalue weighted by Gasteiger charge is 2.19. The van der Waals surface area contributed by atoms with Crippen molar-refractivity contribution in [2.45, 2.75) is 54.7 Å². The predicted molar refractivity (Wildman–Crippen MR) is 83.4 cm³/mol. The first-order valence-corrected chi connectivity index (χ1v) is 8.61. The molecule has 3 amide bonds. The highest BCUT2D eigenvalue weighted by molar-refractivity contribution is 8.02. The van der Waals surface area contributed by atoms with Gasteiger partial charge in [-0.05, 0) is 19.8 Å². The van der Waals surface area contributed by atoms with Crippen molar-refractivity contribution in [3.8, 4) is 0 Å². The molecular formula is C12H19N5O2S2. The minimum Gasteiger partial charge on any atom is -0.357 e. The van der Waals surface area contributed by atoms with E-state index >= 15 is 0 Å². The fraction of sp³-hybridized carbons (Fsp3) is 0.667. The molecule has 1 heterocycles. The number of thioether (sulfide) groups is 1. The van der Waals surface area contributed by atoms with Crippen molar-refractivity contribution >= 4 is 40.2 Å². The summed E-state index contributed by atoms with van der Waals surface area (Å²) in [5, 5.41) is 13.9. The molecule has 1 aromatic heterocycles. The number of nitrogens with one attached hydrogen (secondary N) is 2. The first-order valence-electron chi connectivity index (χ1n) is 6.91. The molecule has 1 saturated carbocycles. The van der Waals surface area contributed by atoms with E-state index in [1.807, 2.05) is 0 Å². The zero-order chi connectivity index (χ0) is 15.2. The van der Waals surface area contributed by atoms with Crippen molar-refractivity contribution in [3.63, 3.8) is 0 Å². The lowest BCUT2D eigenvalue weighted by molar-refractivity contribution is -0.119. The van der Waals surface area contributed by atoms with Gasteiger partial charge in [-0.25, -0.2) is 4.79 Å². The minimum atomic E-state index is -0.843. The molecule has 0 aromatic carbocycles. The van der Waals surface area contributed by atoms with Gasteiger partial charge in [-0.2, -0.15) is 0 Å². The van der Waals surface area contributed by atoms with Crippen LogP contribution in [0.3, 0.4) is 0 Å². The Hall–Kier alpha value is -1.35. The van der Waals surface area contributed by atoms with E-state index in [4.69, 9.17) is 5.73 Å². The molecule has 116 valence electrons. The lowest BCUT2D eigenvalue weighted by Gasteiger charge is -2.21. The monoisotopic (exact) mass is 329 g/mol. The van der Waals surface area contributed by atoms with Gasteiger partial charge in [-0.15, -0.1) is 10.2 Å². The van der Waals surface area contributed by atoms with Gasteiger partial charge in [0.15, 0.2) is 4.34 Å². The number of aromatic nitrogens is 2. The Morgan fingerprint density at radius 1 is 1.33 bits per heavy atom. The van der Waals surface area contributed by atoms with Crippen LogP contribution in [0.1, 0.15) is 39.0 Å². The van der Waals surface area contributed by atoms with Crippen LogP contribution in [0.4, 0.5) is 9.93 Å². The van der Waals surface area contributed by atoms with Crippen LogP contribution in [0.25, 0.3) is 0 Å². The third-order valence-corrected chi connectivity index (χ3v) is 5.27. The van der Waals surface area contributed by atoms with E-state index < -0.39 is 17.2 Å². The van der Waals surface area contributed by atoms with Crippen molar-refractivity contribution in [2.75, 3.05) is 5.32 Å². The maximum Gasteiger partial charge on any atom is 0.318 e. The summed E-state index contributed by atoms with van der Waals surface area (Å²) < 4.78 is 0.695. The van der Waals surface area contributed by atoms with Gasteiger partial charge in [-0.1, -0.05) is 42.4 Å². The van der Waals surface area contributed by atoms with Gasteiger partial charge in [0.05, 0.1) is 5.25 Å². The van der Waals surface area contributed by atoms with Gasteiger partial charge in [0, 0.05) is 6.04 Å². The number of nitrogens with zero attached hydrogens (tertiary/aromatic N) is 2. The number of anilines is 1. The molecule has 0 saturated heterocycles. The Balaban J connectivity index is 1.84. The van der Waals surface area contributed by atoms with Gasteiger partial charge in [-0.3, -0.25) is 10.1 Å². The van der Waals surface area contributed by atoms with Crippen molar-refractivity contribution in [1.29, 1.82) is 0 Å². The van der Waals surface area contributed by atoms with Crippen LogP contribution in [0, 0.1) is 0 Å². The molecule has 1 atom stereocenters. The second kappa shape index (κ2) is 7.60. The van der Waals surface area contributed by atoms with Crippen LogP contribution in [-0.4, -0.2) is 33.4 Å². The Kier molecular flexibility index (Phi) is 5.80. The third kappa shape index (κ3) is 5.16. The van der Waals surface area contributed by atoms with E-state index in [-0.39, 0.29) is 0 Å². The van der Waals surface area contributed by atoms with Crippen LogP contribution < -0.4 is 16.4 Å². The topological polar surface area (TPSA) is 110 Å². The zero-order valence-electron chi connectivity index (χ0n) is 11.8. The third-order valence-electron chi connectivity index (χ3n) is 3.23. The van der Waals surface area contributed by atoms with Gasteiger partial charge in [0.1, 0.15) is 0 Å². The average Bonchev–Trinajstić information content (AvgIpc) is 2.86. The summed E-state index contributed by atoms with van der Waals surface area (Å²) in [6, 6.07) is -0.371. The second-order valence-electron chi connectivity index (χ2n) is 4.97. The summed E-state index contributed by atoms with van der Waals surface area (Å²) in [6.07, 6.45) is 6.14. The quantitative estimate of drug-likeness (QED) is 0.712. The predicted octanol–water partition coefficient (Wildman–Crippen LogP) is 1.96. The lowest BCUT2D eigenvalue weighted by atomic mass is 9.96. The molecule has 0 aliphatic heterocycles. The molecule has 4 N–H and O–H groups in total. The van der Waals surface area contributed by atoms with E-state index in [0.29, 0.717) is 10.4 Å². The molecular weight excluding hydrogens is 310 g/mol. The first-order chi connectivity index (χ1) is 10.0. The number of carbonyl (C=O) groups excluding carboxylic acids is 2. The fourth-order valence-corrected chi connectivity index (χ4v) is 4.14. The number of nitrogens with two attached hydrogens (primary N) is 1. The molecule has 7 nitrogen and oxygen atoms in total. The molecule has 0 bridgehead atoms. The molecule has 1 fully saturated rings. The second-order valence-corrected chi connectivity index (χ2v) is 7.53. The van der Waals surface area contributed by atoms with Crippen LogP contribution in [0.2, 0.25) is 0 Å². The molecule has 0 spiro atoms. The number of urea groups is 1. The smallest absolute Gasteiger partial charge is 0.318 e.